The number of alkyl halides is 2. The third kappa shape index (κ3) is 2.00. The summed E-state index contributed by atoms with van der Waals surface area (Å²) in [7, 11) is 0. The topological polar surface area (TPSA) is 21.8 Å². The summed E-state index contributed by atoms with van der Waals surface area (Å²) in [6.07, 6.45) is 0.997. The van der Waals surface area contributed by atoms with Crippen LogP contribution in [0, 0.1) is 0 Å². The van der Waals surface area contributed by atoms with E-state index in [1.54, 1.807) is 0 Å². The number of epoxide rings is 1. The Kier molecular flexibility index (Phi) is 3.44. The second kappa shape index (κ2) is 3.94. The fourth-order valence-electron chi connectivity index (χ4n) is 1.10. The Balaban J connectivity index is 2.50. The third-order valence-corrected chi connectivity index (χ3v) is 2.65. The van der Waals surface area contributed by atoms with Gasteiger partial charge in [-0.15, -0.1) is 11.6 Å². The second-order valence-electron chi connectivity index (χ2n) is 2.63. The summed E-state index contributed by atoms with van der Waals surface area (Å²) in [6.45, 7) is 2.77. The summed E-state index contributed by atoms with van der Waals surface area (Å²) in [6, 6.07) is 0.181. The van der Waals surface area contributed by atoms with E-state index >= 15 is 0 Å². The molecule has 0 N–H and O–H groups in total. The van der Waals surface area contributed by atoms with Crippen molar-refractivity contribution in [2.45, 2.75) is 25.0 Å². The van der Waals surface area contributed by atoms with Gasteiger partial charge in [0.25, 0.3) is 0 Å². The highest BCUT2D eigenvalue weighted by atomic mass is 35.5. The maximum absolute atomic E-state index is 5.77. The van der Waals surface area contributed by atoms with E-state index in [9.17, 15) is 0 Å². The summed E-state index contributed by atoms with van der Waals surface area (Å²) in [5.74, 6) is 0.445. The van der Waals surface area contributed by atoms with E-state index in [4.69, 9.17) is 32.7 Å². The minimum absolute atomic E-state index is 0.156. The maximum Gasteiger partial charge on any atom is 0.121 e. The largest absolute Gasteiger partial charge is 0.370 e. The van der Waals surface area contributed by atoms with Crippen molar-refractivity contribution in [3.05, 3.63) is 0 Å². The van der Waals surface area contributed by atoms with Crippen molar-refractivity contribution in [2.24, 2.45) is 0 Å². The summed E-state index contributed by atoms with van der Waals surface area (Å²) in [5, 5.41) is 0. The molecule has 1 fully saturated rings. The highest BCUT2D eigenvalue weighted by Gasteiger charge is 2.46. The second-order valence-corrected chi connectivity index (χ2v) is 3.11. The van der Waals surface area contributed by atoms with Crippen LogP contribution >= 0.6 is 23.2 Å². The predicted octanol–water partition coefficient (Wildman–Crippen LogP) is 1.99. The molecular weight excluding hydrogens is 187 g/mol. The Bertz CT molecular complexity index is 122. The smallest absolute Gasteiger partial charge is 0.121 e. The monoisotopic (exact) mass is 198 g/mol. The standard InChI is InChI=1S/C7H12Cl2O2/c1-2-7(4-8,11-5-9)6-3-10-6/h6H,2-5H2,1H3. The van der Waals surface area contributed by atoms with Crippen molar-refractivity contribution in [3.8, 4) is 0 Å². The van der Waals surface area contributed by atoms with Gasteiger partial charge in [0.2, 0.25) is 0 Å². The molecular formula is C7H12Cl2O2. The van der Waals surface area contributed by atoms with E-state index in [0.29, 0.717) is 5.88 Å². The molecule has 1 saturated heterocycles. The Labute approximate surface area is 76.8 Å². The lowest BCUT2D eigenvalue weighted by Crippen LogP contribution is -2.40. The minimum Gasteiger partial charge on any atom is -0.370 e. The molecule has 0 aromatic heterocycles. The molecule has 1 rings (SSSR count). The first kappa shape index (κ1) is 9.59. The summed E-state index contributed by atoms with van der Waals surface area (Å²) < 4.78 is 10.5. The lowest BCUT2D eigenvalue weighted by atomic mass is 9.99. The van der Waals surface area contributed by atoms with Gasteiger partial charge in [-0.05, 0) is 6.42 Å². The molecule has 2 atom stereocenters. The molecule has 0 aromatic rings. The number of hydrogen-bond acceptors (Lipinski definition) is 2. The van der Waals surface area contributed by atoms with E-state index in [1.165, 1.54) is 0 Å². The highest BCUT2D eigenvalue weighted by Crippen LogP contribution is 2.32. The van der Waals surface area contributed by atoms with Crippen LogP contribution in [0.15, 0.2) is 0 Å². The average molecular weight is 199 g/mol. The van der Waals surface area contributed by atoms with Gasteiger partial charge in [0.15, 0.2) is 0 Å². The SMILES string of the molecule is CCC(CCl)(OCCl)C1CO1. The highest BCUT2D eigenvalue weighted by molar-refractivity contribution is 6.19. The first-order chi connectivity index (χ1) is 5.29. The Morgan fingerprint density at radius 3 is 2.55 bits per heavy atom. The van der Waals surface area contributed by atoms with Crippen LogP contribution in [0.4, 0.5) is 0 Å². The molecule has 0 aromatic carbocycles. The Hall–Kier alpha value is 0.500. The molecule has 0 amide bonds. The molecule has 0 spiro atoms. The summed E-state index contributed by atoms with van der Waals surface area (Å²) >= 11 is 11.3. The summed E-state index contributed by atoms with van der Waals surface area (Å²) in [5.41, 5.74) is -0.344. The van der Waals surface area contributed by atoms with Crippen LogP contribution in [-0.4, -0.2) is 30.3 Å². The molecule has 2 unspecified atom stereocenters. The maximum atomic E-state index is 5.77. The van der Waals surface area contributed by atoms with Crippen LogP contribution in [0.1, 0.15) is 13.3 Å². The van der Waals surface area contributed by atoms with Crippen molar-refractivity contribution in [2.75, 3.05) is 18.6 Å². The normalized spacial score (nSPS) is 28.1. The fourth-order valence-corrected chi connectivity index (χ4v) is 1.76. The lowest BCUT2D eigenvalue weighted by Gasteiger charge is -2.27. The molecule has 11 heavy (non-hydrogen) atoms. The van der Waals surface area contributed by atoms with Crippen LogP contribution in [0.25, 0.3) is 0 Å². The van der Waals surface area contributed by atoms with E-state index in [0.717, 1.165) is 13.0 Å². The van der Waals surface area contributed by atoms with Crippen molar-refractivity contribution < 1.29 is 9.47 Å². The zero-order valence-corrected chi connectivity index (χ0v) is 7.99. The lowest BCUT2D eigenvalue weighted by molar-refractivity contribution is -0.0273. The van der Waals surface area contributed by atoms with Crippen molar-refractivity contribution >= 4 is 23.2 Å². The van der Waals surface area contributed by atoms with Gasteiger partial charge in [0.05, 0.1) is 12.5 Å². The molecule has 1 heterocycles. The molecule has 0 bridgehead atoms. The molecule has 0 radical (unpaired) electrons. The van der Waals surface area contributed by atoms with Crippen LogP contribution < -0.4 is 0 Å². The van der Waals surface area contributed by atoms with Crippen molar-refractivity contribution in [3.63, 3.8) is 0 Å². The number of halogens is 2. The van der Waals surface area contributed by atoms with Gasteiger partial charge in [-0.3, -0.25) is 0 Å². The van der Waals surface area contributed by atoms with Gasteiger partial charge in [0, 0.05) is 0 Å². The number of ether oxygens (including phenoxy) is 2. The zero-order valence-electron chi connectivity index (χ0n) is 6.48. The van der Waals surface area contributed by atoms with Crippen LogP contribution in [0.5, 0.6) is 0 Å². The first-order valence-electron chi connectivity index (χ1n) is 3.66. The van der Waals surface area contributed by atoms with Gasteiger partial charge < -0.3 is 9.47 Å². The fraction of sp³-hybridized carbons (Fsp3) is 1.00. The van der Waals surface area contributed by atoms with Gasteiger partial charge in [0.1, 0.15) is 17.8 Å². The van der Waals surface area contributed by atoms with Crippen LogP contribution in [0.2, 0.25) is 0 Å². The molecule has 0 saturated carbocycles. The van der Waals surface area contributed by atoms with E-state index in [-0.39, 0.29) is 17.8 Å². The molecule has 4 heteroatoms. The van der Waals surface area contributed by atoms with Crippen molar-refractivity contribution in [1.82, 2.24) is 0 Å². The van der Waals surface area contributed by atoms with Crippen LogP contribution in [-0.2, 0) is 9.47 Å². The summed E-state index contributed by atoms with van der Waals surface area (Å²) in [4.78, 5) is 0. The van der Waals surface area contributed by atoms with Gasteiger partial charge in [-0.1, -0.05) is 18.5 Å². The van der Waals surface area contributed by atoms with Gasteiger partial charge in [-0.2, -0.15) is 0 Å². The predicted molar refractivity (Wildman–Crippen MR) is 45.3 cm³/mol. The van der Waals surface area contributed by atoms with E-state index in [2.05, 4.69) is 0 Å². The molecule has 1 aliphatic heterocycles. The Morgan fingerprint density at radius 2 is 2.27 bits per heavy atom. The average Bonchev–Trinajstić information content (AvgIpc) is 2.83. The third-order valence-electron chi connectivity index (χ3n) is 2.09. The Morgan fingerprint density at radius 1 is 1.64 bits per heavy atom. The zero-order chi connectivity index (χ0) is 8.32. The van der Waals surface area contributed by atoms with Crippen LogP contribution in [0.3, 0.4) is 0 Å². The van der Waals surface area contributed by atoms with Gasteiger partial charge in [-0.25, -0.2) is 0 Å². The first-order valence-corrected chi connectivity index (χ1v) is 4.73. The van der Waals surface area contributed by atoms with E-state index < -0.39 is 0 Å². The van der Waals surface area contributed by atoms with E-state index in [1.807, 2.05) is 6.92 Å². The quantitative estimate of drug-likeness (QED) is 0.498. The molecule has 2 nitrogen and oxygen atoms in total. The van der Waals surface area contributed by atoms with Crippen molar-refractivity contribution in [1.29, 1.82) is 0 Å². The molecule has 1 aliphatic rings. The number of rotatable bonds is 5. The van der Waals surface area contributed by atoms with Gasteiger partial charge >= 0.3 is 0 Å². The minimum atomic E-state index is -0.344. The molecule has 66 valence electrons. The molecule has 0 aliphatic carbocycles. The number of hydrogen-bond donors (Lipinski definition) is 0.